The number of hydrogen-bond acceptors (Lipinski definition) is 4. The number of methoxy groups -OCH3 is 2. The molecule has 1 aromatic rings. The fourth-order valence-corrected chi connectivity index (χ4v) is 1.70. The third-order valence-corrected chi connectivity index (χ3v) is 2.29. The van der Waals surface area contributed by atoms with Crippen molar-refractivity contribution in [3.63, 3.8) is 0 Å². The van der Waals surface area contributed by atoms with Crippen LogP contribution in [0.5, 0.6) is 5.75 Å². The van der Waals surface area contributed by atoms with Gasteiger partial charge in [-0.1, -0.05) is 0 Å². The minimum atomic E-state index is -0.431. The maximum Gasteiger partial charge on any atom is 0.337 e. The lowest BCUT2D eigenvalue weighted by atomic mass is 10.2. The Balaban J connectivity index is 3.20. The highest BCUT2D eigenvalue weighted by Crippen LogP contribution is 2.32. The van der Waals surface area contributed by atoms with Crippen molar-refractivity contribution in [1.82, 2.24) is 0 Å². The zero-order chi connectivity index (χ0) is 10.7. The van der Waals surface area contributed by atoms with E-state index in [-0.39, 0.29) is 0 Å². The standard InChI is InChI=1S/C9H10BrNO3/c1-13-8-6(10)3-5(4-7(8)11)9(12)14-2/h3-4H,11H2,1-2H3. The summed E-state index contributed by atoms with van der Waals surface area (Å²) in [5, 5.41) is 0. The quantitative estimate of drug-likeness (QED) is 0.650. The SMILES string of the molecule is COC(=O)c1cc(N)c(OC)c(Br)c1. The zero-order valence-electron chi connectivity index (χ0n) is 7.83. The summed E-state index contributed by atoms with van der Waals surface area (Å²) < 4.78 is 10.2. The van der Waals surface area contributed by atoms with E-state index < -0.39 is 5.97 Å². The molecule has 0 fully saturated rings. The molecule has 0 saturated heterocycles. The molecule has 14 heavy (non-hydrogen) atoms. The van der Waals surface area contributed by atoms with Gasteiger partial charge in [0.05, 0.1) is 29.9 Å². The Bertz CT molecular complexity index is 342. The molecule has 5 heteroatoms. The highest BCUT2D eigenvalue weighted by Gasteiger charge is 2.12. The van der Waals surface area contributed by atoms with Gasteiger partial charge in [-0.05, 0) is 28.1 Å². The van der Waals surface area contributed by atoms with E-state index in [2.05, 4.69) is 20.7 Å². The Kier molecular flexibility index (Phi) is 3.35. The maximum absolute atomic E-state index is 11.2. The molecule has 0 saturated carbocycles. The molecule has 0 heterocycles. The van der Waals surface area contributed by atoms with Crippen LogP contribution in [0.1, 0.15) is 10.4 Å². The van der Waals surface area contributed by atoms with Crippen LogP contribution in [0.15, 0.2) is 16.6 Å². The van der Waals surface area contributed by atoms with Crippen LogP contribution in [-0.4, -0.2) is 20.2 Å². The fraction of sp³-hybridized carbons (Fsp3) is 0.222. The van der Waals surface area contributed by atoms with Gasteiger partial charge in [-0.15, -0.1) is 0 Å². The number of rotatable bonds is 2. The van der Waals surface area contributed by atoms with E-state index in [0.717, 1.165) is 0 Å². The molecular formula is C9H10BrNO3. The molecule has 0 unspecified atom stereocenters. The molecule has 0 aliphatic rings. The van der Waals surface area contributed by atoms with Crippen molar-refractivity contribution >= 4 is 27.6 Å². The smallest absolute Gasteiger partial charge is 0.337 e. The van der Waals surface area contributed by atoms with Gasteiger partial charge in [0.25, 0.3) is 0 Å². The predicted molar refractivity (Wildman–Crippen MR) is 56.4 cm³/mol. The Morgan fingerprint density at radius 2 is 2.07 bits per heavy atom. The van der Waals surface area contributed by atoms with Gasteiger partial charge in [0.15, 0.2) is 5.75 Å². The first-order valence-electron chi connectivity index (χ1n) is 3.81. The number of nitrogens with two attached hydrogens (primary N) is 1. The van der Waals surface area contributed by atoms with E-state index in [1.54, 1.807) is 6.07 Å². The van der Waals surface area contributed by atoms with Crippen molar-refractivity contribution in [2.45, 2.75) is 0 Å². The summed E-state index contributed by atoms with van der Waals surface area (Å²) in [4.78, 5) is 11.2. The summed E-state index contributed by atoms with van der Waals surface area (Å²) in [7, 11) is 2.82. The average molecular weight is 260 g/mol. The van der Waals surface area contributed by atoms with Crippen molar-refractivity contribution in [1.29, 1.82) is 0 Å². The summed E-state index contributed by atoms with van der Waals surface area (Å²) in [6, 6.07) is 3.11. The molecule has 0 spiro atoms. The molecule has 2 N–H and O–H groups in total. The van der Waals surface area contributed by atoms with Gasteiger partial charge >= 0.3 is 5.97 Å². The maximum atomic E-state index is 11.2. The van der Waals surface area contributed by atoms with Crippen LogP contribution < -0.4 is 10.5 Å². The molecule has 1 aromatic carbocycles. The second kappa shape index (κ2) is 4.32. The number of ether oxygens (including phenoxy) is 2. The Labute approximate surface area is 90.1 Å². The third-order valence-electron chi connectivity index (χ3n) is 1.70. The number of halogens is 1. The van der Waals surface area contributed by atoms with Crippen LogP contribution in [-0.2, 0) is 4.74 Å². The van der Waals surface area contributed by atoms with Gasteiger partial charge in [0.1, 0.15) is 0 Å². The Hall–Kier alpha value is -1.23. The van der Waals surface area contributed by atoms with Gasteiger partial charge in [-0.25, -0.2) is 4.79 Å². The number of esters is 1. The Morgan fingerprint density at radius 1 is 1.43 bits per heavy atom. The molecule has 4 nitrogen and oxygen atoms in total. The lowest BCUT2D eigenvalue weighted by Gasteiger charge is -2.08. The molecule has 0 aliphatic carbocycles. The van der Waals surface area contributed by atoms with Crippen LogP contribution in [0.2, 0.25) is 0 Å². The van der Waals surface area contributed by atoms with E-state index in [0.29, 0.717) is 21.5 Å². The second-order valence-corrected chi connectivity index (χ2v) is 3.43. The molecule has 0 amide bonds. The predicted octanol–water partition coefficient (Wildman–Crippen LogP) is 1.83. The number of carbonyl (C=O) groups is 1. The van der Waals surface area contributed by atoms with Crippen molar-refractivity contribution < 1.29 is 14.3 Å². The van der Waals surface area contributed by atoms with E-state index in [9.17, 15) is 4.79 Å². The normalized spacial score (nSPS) is 9.64. The number of benzene rings is 1. The molecule has 0 bridgehead atoms. The van der Waals surface area contributed by atoms with Crippen LogP contribution in [0.3, 0.4) is 0 Å². The van der Waals surface area contributed by atoms with Gasteiger partial charge < -0.3 is 15.2 Å². The first kappa shape index (κ1) is 10.8. The van der Waals surface area contributed by atoms with E-state index in [1.807, 2.05) is 0 Å². The van der Waals surface area contributed by atoms with Gasteiger partial charge in [-0.3, -0.25) is 0 Å². The Morgan fingerprint density at radius 3 is 2.50 bits per heavy atom. The summed E-state index contributed by atoms with van der Waals surface area (Å²) >= 11 is 3.24. The fourth-order valence-electron chi connectivity index (χ4n) is 1.07. The second-order valence-electron chi connectivity index (χ2n) is 2.57. The molecule has 0 atom stereocenters. The summed E-state index contributed by atoms with van der Waals surface area (Å²) in [5.74, 6) is 0.0812. The van der Waals surface area contributed by atoms with Crippen LogP contribution in [0.4, 0.5) is 5.69 Å². The van der Waals surface area contributed by atoms with Gasteiger partial charge in [0.2, 0.25) is 0 Å². The van der Waals surface area contributed by atoms with Crippen LogP contribution in [0, 0.1) is 0 Å². The van der Waals surface area contributed by atoms with Gasteiger partial charge in [-0.2, -0.15) is 0 Å². The lowest BCUT2D eigenvalue weighted by Crippen LogP contribution is -2.03. The third kappa shape index (κ3) is 1.98. The van der Waals surface area contributed by atoms with E-state index in [1.165, 1.54) is 20.3 Å². The first-order chi connectivity index (χ1) is 6.60. The van der Waals surface area contributed by atoms with Crippen LogP contribution >= 0.6 is 15.9 Å². The minimum absolute atomic E-state index is 0.387. The summed E-state index contributed by atoms with van der Waals surface area (Å²) in [6.45, 7) is 0. The van der Waals surface area contributed by atoms with E-state index in [4.69, 9.17) is 10.5 Å². The number of hydrogen-bond donors (Lipinski definition) is 1. The van der Waals surface area contributed by atoms with Crippen molar-refractivity contribution in [3.8, 4) is 5.75 Å². The average Bonchev–Trinajstić information content (AvgIpc) is 2.16. The first-order valence-corrected chi connectivity index (χ1v) is 4.60. The zero-order valence-corrected chi connectivity index (χ0v) is 9.42. The summed E-state index contributed by atoms with van der Waals surface area (Å²) in [6.07, 6.45) is 0. The topological polar surface area (TPSA) is 61.5 Å². The summed E-state index contributed by atoms with van der Waals surface area (Å²) in [5.41, 5.74) is 6.44. The number of nitrogen functional groups attached to an aromatic ring is 1. The van der Waals surface area contributed by atoms with Gasteiger partial charge in [0, 0.05) is 0 Å². The highest BCUT2D eigenvalue weighted by molar-refractivity contribution is 9.10. The molecule has 1 rings (SSSR count). The molecule has 0 aliphatic heterocycles. The lowest BCUT2D eigenvalue weighted by molar-refractivity contribution is 0.0600. The minimum Gasteiger partial charge on any atom is -0.493 e. The highest BCUT2D eigenvalue weighted by atomic mass is 79.9. The molecule has 0 radical (unpaired) electrons. The molecule has 76 valence electrons. The van der Waals surface area contributed by atoms with Crippen molar-refractivity contribution in [2.24, 2.45) is 0 Å². The van der Waals surface area contributed by atoms with Crippen molar-refractivity contribution in [3.05, 3.63) is 22.2 Å². The molecule has 0 aromatic heterocycles. The van der Waals surface area contributed by atoms with Crippen LogP contribution in [0.25, 0.3) is 0 Å². The van der Waals surface area contributed by atoms with E-state index >= 15 is 0 Å². The largest absolute Gasteiger partial charge is 0.493 e. The monoisotopic (exact) mass is 259 g/mol. The number of carbonyl (C=O) groups excluding carboxylic acids is 1. The molecular weight excluding hydrogens is 250 g/mol. The number of anilines is 1. The van der Waals surface area contributed by atoms with Crippen molar-refractivity contribution in [2.75, 3.05) is 20.0 Å².